The van der Waals surface area contributed by atoms with Gasteiger partial charge in [0.25, 0.3) is 0 Å². The first-order chi connectivity index (χ1) is 9.06. The number of carboxylic acid groups (broad SMARTS) is 1. The van der Waals surface area contributed by atoms with E-state index in [-0.39, 0.29) is 5.56 Å². The highest BCUT2D eigenvalue weighted by atomic mass is 35.5. The Morgan fingerprint density at radius 2 is 2.05 bits per heavy atom. The van der Waals surface area contributed by atoms with Crippen LogP contribution in [0.3, 0.4) is 0 Å². The van der Waals surface area contributed by atoms with E-state index in [2.05, 4.69) is 9.97 Å². The van der Waals surface area contributed by atoms with Crippen LogP contribution >= 0.6 is 35.0 Å². The summed E-state index contributed by atoms with van der Waals surface area (Å²) in [5.74, 6) is -0.484. The predicted molar refractivity (Wildman–Crippen MR) is 75.0 cm³/mol. The zero-order valence-corrected chi connectivity index (χ0v) is 11.8. The molecule has 0 spiro atoms. The van der Waals surface area contributed by atoms with Crippen molar-refractivity contribution in [1.29, 1.82) is 0 Å². The second-order valence-electron chi connectivity index (χ2n) is 3.54. The van der Waals surface area contributed by atoms with Crippen LogP contribution in [0.5, 0.6) is 0 Å². The van der Waals surface area contributed by atoms with Gasteiger partial charge in [0.1, 0.15) is 5.15 Å². The monoisotopic (exact) mass is 314 g/mol. The zero-order valence-electron chi connectivity index (χ0n) is 9.51. The number of rotatable bonds is 4. The molecule has 2 aromatic heterocycles. The third-order valence-electron chi connectivity index (χ3n) is 2.22. The van der Waals surface area contributed by atoms with Crippen LogP contribution in [0.2, 0.25) is 10.2 Å². The maximum absolute atomic E-state index is 10.7. The molecule has 0 fully saturated rings. The molecule has 2 heterocycles. The Balaban J connectivity index is 2.06. The number of aromatic carboxylic acids is 1. The Hall–Kier alpha value is -1.30. The highest BCUT2D eigenvalue weighted by Gasteiger charge is 2.06. The quantitative estimate of drug-likeness (QED) is 0.687. The second-order valence-corrected chi connectivity index (χ2v) is 5.33. The van der Waals surface area contributed by atoms with E-state index in [0.29, 0.717) is 26.6 Å². The van der Waals surface area contributed by atoms with E-state index in [1.165, 1.54) is 24.0 Å². The van der Waals surface area contributed by atoms with Gasteiger partial charge in [-0.25, -0.2) is 14.8 Å². The maximum atomic E-state index is 10.7. The van der Waals surface area contributed by atoms with Gasteiger partial charge in [0, 0.05) is 11.9 Å². The number of hydrogen-bond acceptors (Lipinski definition) is 4. The van der Waals surface area contributed by atoms with Crippen LogP contribution in [0.4, 0.5) is 0 Å². The standard InChI is InChI=1S/C12H8Cl2N2O2S/c13-8-2-3-10(14)16-9(8)6-19-11-4-1-7(5-15-11)12(17)18/h1-5H,6H2,(H,17,18). The molecule has 98 valence electrons. The van der Waals surface area contributed by atoms with Gasteiger partial charge >= 0.3 is 5.97 Å². The van der Waals surface area contributed by atoms with Crippen molar-refractivity contribution >= 4 is 40.9 Å². The number of pyridine rings is 2. The molecule has 0 amide bonds. The van der Waals surface area contributed by atoms with Crippen LogP contribution in [0.15, 0.2) is 35.5 Å². The summed E-state index contributed by atoms with van der Waals surface area (Å²) >= 11 is 13.2. The molecule has 7 heteroatoms. The van der Waals surface area contributed by atoms with Crippen molar-refractivity contribution in [3.05, 3.63) is 51.9 Å². The topological polar surface area (TPSA) is 63.1 Å². The van der Waals surface area contributed by atoms with Crippen molar-refractivity contribution in [1.82, 2.24) is 9.97 Å². The summed E-state index contributed by atoms with van der Waals surface area (Å²) in [6.45, 7) is 0. The Kier molecular flexibility index (Phi) is 4.63. The average Bonchev–Trinajstić information content (AvgIpc) is 2.40. The van der Waals surface area contributed by atoms with Gasteiger partial charge in [-0.15, -0.1) is 0 Å². The van der Waals surface area contributed by atoms with Crippen LogP contribution < -0.4 is 0 Å². The number of aromatic nitrogens is 2. The summed E-state index contributed by atoms with van der Waals surface area (Å²) in [4.78, 5) is 18.9. The molecule has 1 N–H and O–H groups in total. The third kappa shape index (κ3) is 3.83. The van der Waals surface area contributed by atoms with Crippen LogP contribution in [0.1, 0.15) is 16.1 Å². The normalized spacial score (nSPS) is 10.4. The second kappa shape index (κ2) is 6.23. The number of carboxylic acids is 1. The summed E-state index contributed by atoms with van der Waals surface area (Å²) in [5.41, 5.74) is 0.826. The summed E-state index contributed by atoms with van der Waals surface area (Å²) in [5, 5.41) is 10.4. The Bertz CT molecular complexity index is 605. The van der Waals surface area contributed by atoms with Crippen molar-refractivity contribution in [3.8, 4) is 0 Å². The summed E-state index contributed by atoms with van der Waals surface area (Å²) in [6.07, 6.45) is 1.32. The lowest BCUT2D eigenvalue weighted by Crippen LogP contribution is -1.97. The molecule has 0 saturated heterocycles. The number of halogens is 2. The van der Waals surface area contributed by atoms with E-state index in [1.807, 2.05) is 0 Å². The highest BCUT2D eigenvalue weighted by molar-refractivity contribution is 7.98. The van der Waals surface area contributed by atoms with E-state index >= 15 is 0 Å². The number of thioether (sulfide) groups is 1. The molecular formula is C12H8Cl2N2O2S. The predicted octanol–water partition coefficient (Wildman–Crippen LogP) is 3.77. The SMILES string of the molecule is O=C(O)c1ccc(SCc2nc(Cl)ccc2Cl)nc1. The molecule has 19 heavy (non-hydrogen) atoms. The molecule has 0 atom stereocenters. The Morgan fingerprint density at radius 3 is 2.68 bits per heavy atom. The minimum Gasteiger partial charge on any atom is -0.478 e. The van der Waals surface area contributed by atoms with Gasteiger partial charge < -0.3 is 5.11 Å². The molecule has 2 rings (SSSR count). The number of nitrogens with zero attached hydrogens (tertiary/aromatic N) is 2. The fourth-order valence-corrected chi connectivity index (χ4v) is 2.51. The van der Waals surface area contributed by atoms with Crippen LogP contribution in [-0.2, 0) is 5.75 Å². The minimum absolute atomic E-state index is 0.156. The Labute approximate surface area is 123 Å². The lowest BCUT2D eigenvalue weighted by molar-refractivity contribution is 0.0696. The van der Waals surface area contributed by atoms with Crippen molar-refractivity contribution in [2.75, 3.05) is 0 Å². The van der Waals surface area contributed by atoms with E-state index in [9.17, 15) is 4.79 Å². The van der Waals surface area contributed by atoms with Gasteiger partial charge in [-0.2, -0.15) is 0 Å². The van der Waals surface area contributed by atoms with Gasteiger partial charge in [-0.05, 0) is 24.3 Å². The molecule has 4 nitrogen and oxygen atoms in total. The average molecular weight is 315 g/mol. The summed E-state index contributed by atoms with van der Waals surface area (Å²) in [6, 6.07) is 6.46. The molecule has 0 aliphatic heterocycles. The molecule has 2 aromatic rings. The first kappa shape index (κ1) is 14.1. The van der Waals surface area contributed by atoms with Gasteiger partial charge in [-0.1, -0.05) is 35.0 Å². The molecule has 0 aromatic carbocycles. The van der Waals surface area contributed by atoms with Crippen molar-refractivity contribution in [2.45, 2.75) is 10.8 Å². The third-order valence-corrected chi connectivity index (χ3v) is 3.73. The molecular weight excluding hydrogens is 307 g/mol. The lowest BCUT2D eigenvalue weighted by atomic mass is 10.3. The van der Waals surface area contributed by atoms with Crippen molar-refractivity contribution < 1.29 is 9.90 Å². The first-order valence-corrected chi connectivity index (χ1v) is 6.93. The molecule has 0 bridgehead atoms. The largest absolute Gasteiger partial charge is 0.478 e. The summed E-state index contributed by atoms with van der Waals surface area (Å²) < 4.78 is 0. The van der Waals surface area contributed by atoms with Gasteiger partial charge in [0.15, 0.2) is 0 Å². The Morgan fingerprint density at radius 1 is 1.26 bits per heavy atom. The van der Waals surface area contributed by atoms with E-state index in [4.69, 9.17) is 28.3 Å². The van der Waals surface area contributed by atoms with Crippen LogP contribution in [0.25, 0.3) is 0 Å². The van der Waals surface area contributed by atoms with E-state index in [0.717, 1.165) is 0 Å². The van der Waals surface area contributed by atoms with Gasteiger partial charge in [-0.3, -0.25) is 0 Å². The highest BCUT2D eigenvalue weighted by Crippen LogP contribution is 2.25. The van der Waals surface area contributed by atoms with Crippen molar-refractivity contribution in [2.24, 2.45) is 0 Å². The summed E-state index contributed by atoms with van der Waals surface area (Å²) in [7, 11) is 0. The molecule has 0 unspecified atom stereocenters. The van der Waals surface area contributed by atoms with Gasteiger partial charge in [0.05, 0.1) is 21.3 Å². The maximum Gasteiger partial charge on any atom is 0.337 e. The number of carbonyl (C=O) groups is 1. The zero-order chi connectivity index (χ0) is 13.8. The molecule has 0 aliphatic carbocycles. The van der Waals surface area contributed by atoms with Gasteiger partial charge in [0.2, 0.25) is 0 Å². The fourth-order valence-electron chi connectivity index (χ4n) is 1.29. The lowest BCUT2D eigenvalue weighted by Gasteiger charge is -2.03. The van der Waals surface area contributed by atoms with E-state index < -0.39 is 5.97 Å². The molecule has 0 radical (unpaired) electrons. The number of hydrogen-bond donors (Lipinski definition) is 1. The molecule has 0 saturated carbocycles. The van der Waals surface area contributed by atoms with E-state index in [1.54, 1.807) is 18.2 Å². The first-order valence-electron chi connectivity index (χ1n) is 5.19. The smallest absolute Gasteiger partial charge is 0.337 e. The minimum atomic E-state index is -0.997. The fraction of sp³-hybridized carbons (Fsp3) is 0.0833. The van der Waals surface area contributed by atoms with Crippen LogP contribution in [0, 0.1) is 0 Å². The van der Waals surface area contributed by atoms with Crippen LogP contribution in [-0.4, -0.2) is 21.0 Å². The molecule has 0 aliphatic rings. The van der Waals surface area contributed by atoms with Crippen molar-refractivity contribution in [3.63, 3.8) is 0 Å².